The van der Waals surface area contributed by atoms with Crippen LogP contribution in [0, 0.1) is 16.7 Å². The van der Waals surface area contributed by atoms with Crippen LogP contribution in [0.5, 0.6) is 0 Å². The molecule has 4 aliphatic rings. The van der Waals surface area contributed by atoms with Crippen molar-refractivity contribution in [2.45, 2.75) is 57.8 Å². The minimum absolute atomic E-state index is 0.299. The molecule has 7 rings (SSSR count). The number of benzene rings is 3. The van der Waals surface area contributed by atoms with Crippen molar-refractivity contribution in [1.29, 1.82) is 0 Å². The van der Waals surface area contributed by atoms with Crippen molar-refractivity contribution in [2.24, 2.45) is 16.7 Å². The number of para-hydroxylation sites is 1. The lowest BCUT2D eigenvalue weighted by Gasteiger charge is -2.65. The molecular formula is C33H38N2O2. The molecule has 4 fully saturated rings. The Hall–Kier alpha value is -3.27. The molecule has 192 valence electrons. The van der Waals surface area contributed by atoms with Gasteiger partial charge < -0.3 is 14.9 Å². The Morgan fingerprint density at radius 2 is 1.24 bits per heavy atom. The van der Waals surface area contributed by atoms with Crippen LogP contribution >= 0.6 is 0 Å². The third kappa shape index (κ3) is 4.11. The number of carboxylic acids is 1. The fourth-order valence-electron chi connectivity index (χ4n) is 8.94. The molecule has 4 saturated carbocycles. The molecule has 3 aromatic carbocycles. The average Bonchev–Trinajstić information content (AvgIpc) is 2.86. The fourth-order valence-corrected chi connectivity index (χ4v) is 8.94. The Morgan fingerprint density at radius 3 is 1.78 bits per heavy atom. The summed E-state index contributed by atoms with van der Waals surface area (Å²) in [6, 6.07) is 24.8. The highest BCUT2D eigenvalue weighted by Crippen LogP contribution is 2.69. The van der Waals surface area contributed by atoms with Gasteiger partial charge in [0, 0.05) is 31.2 Å². The van der Waals surface area contributed by atoms with Crippen LogP contribution in [-0.4, -0.2) is 25.2 Å². The smallest absolute Gasteiger partial charge is 0.337 e. The first kappa shape index (κ1) is 24.1. The minimum atomic E-state index is -0.918. The first-order valence-electron chi connectivity index (χ1n) is 13.6. The zero-order valence-corrected chi connectivity index (χ0v) is 22.5. The molecule has 4 bridgehead atoms. The summed E-state index contributed by atoms with van der Waals surface area (Å²) >= 11 is 0. The molecule has 0 heterocycles. The van der Waals surface area contributed by atoms with Gasteiger partial charge in [-0.25, -0.2) is 4.79 Å². The molecule has 4 nitrogen and oxygen atoms in total. The highest BCUT2D eigenvalue weighted by Gasteiger charge is 2.60. The summed E-state index contributed by atoms with van der Waals surface area (Å²) in [5.41, 5.74) is 7.15. The van der Waals surface area contributed by atoms with E-state index in [4.69, 9.17) is 0 Å². The molecule has 1 N–H and O–H groups in total. The maximum absolute atomic E-state index is 11.7. The molecule has 2 unspecified atom stereocenters. The lowest BCUT2D eigenvalue weighted by Crippen LogP contribution is -2.56. The Morgan fingerprint density at radius 1 is 0.730 bits per heavy atom. The van der Waals surface area contributed by atoms with Crippen molar-refractivity contribution in [1.82, 2.24) is 0 Å². The van der Waals surface area contributed by atoms with Crippen LogP contribution in [0.1, 0.15) is 68.3 Å². The van der Waals surface area contributed by atoms with Crippen LogP contribution in [0.25, 0.3) is 0 Å². The van der Waals surface area contributed by atoms with Crippen LogP contribution in [0.2, 0.25) is 0 Å². The lowest BCUT2D eigenvalue weighted by atomic mass is 9.39. The van der Waals surface area contributed by atoms with Gasteiger partial charge in [0.05, 0.1) is 11.3 Å². The number of nitrogens with zero attached hydrogens (tertiary/aromatic N) is 2. The van der Waals surface area contributed by atoms with E-state index in [0.29, 0.717) is 27.5 Å². The van der Waals surface area contributed by atoms with Crippen molar-refractivity contribution in [2.75, 3.05) is 23.9 Å². The van der Waals surface area contributed by atoms with E-state index in [0.717, 1.165) is 17.3 Å². The summed E-state index contributed by atoms with van der Waals surface area (Å²) in [6.45, 7) is 5.10. The summed E-state index contributed by atoms with van der Waals surface area (Å²) in [6.07, 6.45) is 8.33. The molecule has 0 amide bonds. The van der Waals surface area contributed by atoms with Gasteiger partial charge in [0.15, 0.2) is 0 Å². The lowest BCUT2D eigenvalue weighted by molar-refractivity contribution is -0.110. The molecule has 4 aliphatic carbocycles. The van der Waals surface area contributed by atoms with Crippen LogP contribution in [-0.2, 0) is 5.41 Å². The van der Waals surface area contributed by atoms with E-state index in [2.05, 4.69) is 74.3 Å². The average molecular weight is 495 g/mol. The van der Waals surface area contributed by atoms with E-state index in [9.17, 15) is 9.90 Å². The second-order valence-corrected chi connectivity index (χ2v) is 12.9. The summed E-state index contributed by atoms with van der Waals surface area (Å²) in [4.78, 5) is 15.8. The van der Waals surface area contributed by atoms with Crippen LogP contribution in [0.3, 0.4) is 0 Å². The van der Waals surface area contributed by atoms with Gasteiger partial charge in [-0.15, -0.1) is 0 Å². The van der Waals surface area contributed by atoms with Crippen molar-refractivity contribution in [3.63, 3.8) is 0 Å². The van der Waals surface area contributed by atoms with E-state index >= 15 is 0 Å². The van der Waals surface area contributed by atoms with Crippen molar-refractivity contribution in [3.05, 3.63) is 83.9 Å². The maximum Gasteiger partial charge on any atom is 0.337 e. The Bertz CT molecular complexity index is 1310. The molecule has 0 aromatic heterocycles. The molecule has 0 saturated heterocycles. The molecule has 0 radical (unpaired) electrons. The largest absolute Gasteiger partial charge is 0.478 e. The van der Waals surface area contributed by atoms with Crippen molar-refractivity contribution in [3.8, 4) is 0 Å². The number of carboxylic acid groups (broad SMARTS) is 1. The standard InChI is InChI=1S/C33H38N2O2/c1-31-17-23-18-32(2,20-31)22-33(19-23,21-31)24-9-11-25(12-10-24)34(3)26-13-15-27(16-14-26)35(4)29-8-6-5-7-28(29)30(36)37/h5-16,23H,17-22H2,1-4H3,(H,36,37). The maximum atomic E-state index is 11.7. The van der Waals surface area contributed by atoms with Gasteiger partial charge in [-0.3, -0.25) is 0 Å². The highest BCUT2D eigenvalue weighted by molar-refractivity contribution is 5.95. The quantitative estimate of drug-likeness (QED) is 0.375. The third-order valence-corrected chi connectivity index (χ3v) is 9.61. The summed E-state index contributed by atoms with van der Waals surface area (Å²) in [7, 11) is 4.02. The first-order chi connectivity index (χ1) is 17.6. The van der Waals surface area contributed by atoms with Gasteiger partial charge in [0.2, 0.25) is 0 Å². The van der Waals surface area contributed by atoms with Gasteiger partial charge >= 0.3 is 5.97 Å². The zero-order valence-electron chi connectivity index (χ0n) is 22.5. The molecule has 0 spiro atoms. The van der Waals surface area contributed by atoms with E-state index in [1.54, 1.807) is 17.7 Å². The molecule has 37 heavy (non-hydrogen) atoms. The zero-order chi connectivity index (χ0) is 26.0. The van der Waals surface area contributed by atoms with E-state index in [-0.39, 0.29) is 0 Å². The number of aromatic carboxylic acids is 1. The second kappa shape index (κ2) is 8.37. The molecule has 0 aliphatic heterocycles. The molecule has 4 heteroatoms. The van der Waals surface area contributed by atoms with Gasteiger partial charge in [0.1, 0.15) is 0 Å². The topological polar surface area (TPSA) is 43.8 Å². The van der Waals surface area contributed by atoms with Gasteiger partial charge in [-0.1, -0.05) is 38.1 Å². The number of rotatable bonds is 6. The number of anilines is 4. The number of hydrogen-bond acceptors (Lipinski definition) is 3. The Kier molecular flexibility index (Phi) is 5.45. The second-order valence-electron chi connectivity index (χ2n) is 12.9. The minimum Gasteiger partial charge on any atom is -0.478 e. The monoisotopic (exact) mass is 494 g/mol. The Labute approximate surface area is 220 Å². The summed E-state index contributed by atoms with van der Waals surface area (Å²) in [5.74, 6) is -0.0216. The van der Waals surface area contributed by atoms with E-state index in [1.165, 1.54) is 44.2 Å². The molecule has 3 aromatic rings. The molecular weight excluding hydrogens is 456 g/mol. The summed E-state index contributed by atoms with van der Waals surface area (Å²) < 4.78 is 0. The van der Waals surface area contributed by atoms with Crippen molar-refractivity contribution < 1.29 is 9.90 Å². The number of carbonyl (C=O) groups is 1. The highest BCUT2D eigenvalue weighted by atomic mass is 16.4. The van der Waals surface area contributed by atoms with Gasteiger partial charge in [0.25, 0.3) is 0 Å². The normalized spacial score (nSPS) is 29.8. The van der Waals surface area contributed by atoms with E-state index in [1.807, 2.05) is 24.1 Å². The summed E-state index contributed by atoms with van der Waals surface area (Å²) in [5, 5.41) is 9.56. The van der Waals surface area contributed by atoms with Gasteiger partial charge in [-0.05, 0) is 115 Å². The number of hydrogen-bond donors (Lipinski definition) is 1. The Balaban J connectivity index is 1.21. The fraction of sp³-hybridized carbons (Fsp3) is 0.424. The van der Waals surface area contributed by atoms with E-state index < -0.39 is 5.97 Å². The molecule has 2 atom stereocenters. The van der Waals surface area contributed by atoms with Gasteiger partial charge in [-0.2, -0.15) is 0 Å². The predicted octanol–water partition coefficient (Wildman–Crippen LogP) is 8.17. The first-order valence-corrected chi connectivity index (χ1v) is 13.6. The van der Waals surface area contributed by atoms with Crippen LogP contribution in [0.15, 0.2) is 72.8 Å². The van der Waals surface area contributed by atoms with Crippen LogP contribution < -0.4 is 9.80 Å². The van der Waals surface area contributed by atoms with Crippen LogP contribution in [0.4, 0.5) is 22.7 Å². The van der Waals surface area contributed by atoms with Crippen molar-refractivity contribution >= 4 is 28.7 Å². The third-order valence-electron chi connectivity index (χ3n) is 9.61. The predicted molar refractivity (Wildman–Crippen MR) is 151 cm³/mol. The SMILES string of the molecule is CN(c1ccc(N(C)c2ccccc2C(=O)O)cc1)c1ccc(C23CC4CC(C)(CC(C)(C4)C2)C3)cc1.